The molecular weight excluding hydrogens is 328 g/mol. The molecule has 0 fully saturated rings. The number of fused-ring (bicyclic) bond motifs is 1. The standard InChI is InChI=1S/C17H16N2O4S/c1-19-16(21)13-5-4-11(9-14(13)17(19)22)15(20)18-6-8-24-10-12-3-2-7-23-12/h2-5,7,9H,6,8,10H2,1H3,(H,18,20). The highest BCUT2D eigenvalue weighted by molar-refractivity contribution is 7.98. The van der Waals surface area contributed by atoms with Gasteiger partial charge in [0.25, 0.3) is 17.7 Å². The molecule has 2 heterocycles. The molecule has 3 amide bonds. The molecule has 0 saturated heterocycles. The van der Waals surface area contributed by atoms with Crippen LogP contribution in [0.25, 0.3) is 0 Å². The summed E-state index contributed by atoms with van der Waals surface area (Å²) in [7, 11) is 1.43. The molecule has 1 aliphatic heterocycles. The van der Waals surface area contributed by atoms with Gasteiger partial charge >= 0.3 is 0 Å². The molecule has 24 heavy (non-hydrogen) atoms. The minimum atomic E-state index is -0.376. The number of hydrogen-bond donors (Lipinski definition) is 1. The maximum Gasteiger partial charge on any atom is 0.261 e. The second-order valence-electron chi connectivity index (χ2n) is 5.32. The number of amides is 3. The summed E-state index contributed by atoms with van der Waals surface area (Å²) < 4.78 is 5.23. The van der Waals surface area contributed by atoms with E-state index in [1.807, 2.05) is 12.1 Å². The van der Waals surface area contributed by atoms with Crippen LogP contribution < -0.4 is 5.32 Å². The van der Waals surface area contributed by atoms with E-state index < -0.39 is 0 Å². The molecule has 6 nitrogen and oxygen atoms in total. The predicted molar refractivity (Wildman–Crippen MR) is 90.1 cm³/mol. The van der Waals surface area contributed by atoms with Crippen molar-refractivity contribution >= 4 is 29.5 Å². The Morgan fingerprint density at radius 2 is 2.00 bits per heavy atom. The lowest BCUT2D eigenvalue weighted by Gasteiger charge is -2.06. The normalized spacial score (nSPS) is 13.3. The van der Waals surface area contributed by atoms with Crippen molar-refractivity contribution in [3.8, 4) is 0 Å². The largest absolute Gasteiger partial charge is 0.468 e. The number of carbonyl (C=O) groups is 3. The van der Waals surface area contributed by atoms with Gasteiger partial charge in [-0.2, -0.15) is 11.8 Å². The van der Waals surface area contributed by atoms with Crippen LogP contribution in [0.5, 0.6) is 0 Å². The van der Waals surface area contributed by atoms with Crippen molar-refractivity contribution in [3.05, 3.63) is 59.0 Å². The summed E-state index contributed by atoms with van der Waals surface area (Å²) in [4.78, 5) is 37.0. The van der Waals surface area contributed by atoms with Crippen molar-refractivity contribution in [1.29, 1.82) is 0 Å². The molecule has 2 aromatic rings. The molecule has 0 radical (unpaired) electrons. The molecule has 0 unspecified atom stereocenters. The third-order valence-electron chi connectivity index (χ3n) is 3.71. The number of imide groups is 1. The van der Waals surface area contributed by atoms with E-state index in [0.717, 1.165) is 22.2 Å². The molecule has 1 aromatic carbocycles. The average Bonchev–Trinajstić information content (AvgIpc) is 3.18. The SMILES string of the molecule is CN1C(=O)c2ccc(C(=O)NCCSCc3ccco3)cc2C1=O. The molecule has 124 valence electrons. The maximum absolute atomic E-state index is 12.2. The van der Waals surface area contributed by atoms with Crippen LogP contribution in [-0.2, 0) is 5.75 Å². The van der Waals surface area contributed by atoms with Crippen molar-refractivity contribution in [2.45, 2.75) is 5.75 Å². The van der Waals surface area contributed by atoms with Gasteiger partial charge in [0.05, 0.1) is 23.1 Å². The Hall–Kier alpha value is -2.54. The maximum atomic E-state index is 12.2. The monoisotopic (exact) mass is 344 g/mol. The smallest absolute Gasteiger partial charge is 0.261 e. The van der Waals surface area contributed by atoms with Crippen LogP contribution in [-0.4, -0.2) is 42.0 Å². The number of benzene rings is 1. The molecule has 3 rings (SSSR count). The summed E-state index contributed by atoms with van der Waals surface area (Å²) >= 11 is 1.66. The van der Waals surface area contributed by atoms with Crippen LogP contribution in [0.15, 0.2) is 41.0 Å². The number of carbonyl (C=O) groups excluding carboxylic acids is 3. The van der Waals surface area contributed by atoms with Crippen LogP contribution in [0.2, 0.25) is 0 Å². The van der Waals surface area contributed by atoms with Gasteiger partial charge < -0.3 is 9.73 Å². The fraction of sp³-hybridized carbons (Fsp3) is 0.235. The second kappa shape index (κ2) is 6.92. The third-order valence-corrected chi connectivity index (χ3v) is 4.69. The summed E-state index contributed by atoms with van der Waals surface area (Å²) in [6, 6.07) is 8.32. The van der Waals surface area contributed by atoms with Crippen molar-refractivity contribution in [3.63, 3.8) is 0 Å². The van der Waals surface area contributed by atoms with Crippen molar-refractivity contribution in [2.24, 2.45) is 0 Å². The van der Waals surface area contributed by atoms with Crippen molar-refractivity contribution in [1.82, 2.24) is 10.2 Å². The topological polar surface area (TPSA) is 79.6 Å². The molecule has 0 spiro atoms. The Bertz CT molecular complexity index is 786. The van der Waals surface area contributed by atoms with Crippen molar-refractivity contribution < 1.29 is 18.8 Å². The van der Waals surface area contributed by atoms with Gasteiger partial charge in [0.15, 0.2) is 0 Å². The summed E-state index contributed by atoms with van der Waals surface area (Å²) in [5.41, 5.74) is 0.997. The number of rotatable bonds is 6. The Morgan fingerprint density at radius 3 is 2.75 bits per heavy atom. The summed E-state index contributed by atoms with van der Waals surface area (Å²) in [5.74, 6) is 1.43. The minimum Gasteiger partial charge on any atom is -0.468 e. The highest BCUT2D eigenvalue weighted by Gasteiger charge is 2.33. The highest BCUT2D eigenvalue weighted by atomic mass is 32.2. The molecule has 0 aliphatic carbocycles. The minimum absolute atomic E-state index is 0.258. The molecule has 1 N–H and O–H groups in total. The first kappa shape index (κ1) is 16.3. The molecule has 1 aliphatic rings. The first-order chi connectivity index (χ1) is 11.6. The number of nitrogens with zero attached hydrogens (tertiary/aromatic N) is 1. The van der Waals surface area contributed by atoms with Crippen LogP contribution in [0, 0.1) is 0 Å². The van der Waals surface area contributed by atoms with Crippen LogP contribution >= 0.6 is 11.8 Å². The van der Waals surface area contributed by atoms with Gasteiger partial charge in [-0.05, 0) is 30.3 Å². The van der Waals surface area contributed by atoms with Gasteiger partial charge in [0, 0.05) is 24.9 Å². The van der Waals surface area contributed by atoms with Gasteiger partial charge in [-0.15, -0.1) is 0 Å². The van der Waals surface area contributed by atoms with Crippen LogP contribution in [0.1, 0.15) is 36.8 Å². The van der Waals surface area contributed by atoms with E-state index in [-0.39, 0.29) is 23.3 Å². The Balaban J connectivity index is 1.53. The van der Waals surface area contributed by atoms with Gasteiger partial charge in [0.1, 0.15) is 5.76 Å². The van der Waals surface area contributed by atoms with E-state index in [9.17, 15) is 14.4 Å². The van der Waals surface area contributed by atoms with Crippen molar-refractivity contribution in [2.75, 3.05) is 19.3 Å². The summed E-state index contributed by atoms with van der Waals surface area (Å²) in [6.07, 6.45) is 1.63. The Kier molecular flexibility index (Phi) is 4.71. The third kappa shape index (κ3) is 3.21. The molecule has 1 aromatic heterocycles. The number of hydrogen-bond acceptors (Lipinski definition) is 5. The summed E-state index contributed by atoms with van der Waals surface area (Å²) in [5, 5.41) is 2.81. The zero-order valence-electron chi connectivity index (χ0n) is 13.1. The van der Waals surface area contributed by atoms with Crippen LogP contribution in [0.3, 0.4) is 0 Å². The zero-order valence-corrected chi connectivity index (χ0v) is 13.9. The fourth-order valence-corrected chi connectivity index (χ4v) is 3.16. The molecule has 7 heteroatoms. The van der Waals surface area contributed by atoms with E-state index in [2.05, 4.69) is 5.32 Å². The lowest BCUT2D eigenvalue weighted by Crippen LogP contribution is -2.26. The number of furan rings is 1. The van der Waals surface area contributed by atoms with E-state index in [4.69, 9.17) is 4.42 Å². The quantitative estimate of drug-likeness (QED) is 0.642. The van der Waals surface area contributed by atoms with Crippen LogP contribution in [0.4, 0.5) is 0 Å². The molecular formula is C17H16N2O4S. The number of thioether (sulfide) groups is 1. The van der Waals surface area contributed by atoms with Gasteiger partial charge in [-0.1, -0.05) is 0 Å². The zero-order chi connectivity index (χ0) is 17.1. The lowest BCUT2D eigenvalue weighted by atomic mass is 10.1. The average molecular weight is 344 g/mol. The van der Waals surface area contributed by atoms with E-state index in [1.165, 1.54) is 19.2 Å². The number of nitrogens with one attached hydrogen (secondary N) is 1. The predicted octanol–water partition coefficient (Wildman–Crippen LogP) is 2.17. The highest BCUT2D eigenvalue weighted by Crippen LogP contribution is 2.22. The molecule has 0 saturated carbocycles. The fourth-order valence-electron chi connectivity index (χ4n) is 2.41. The van der Waals surface area contributed by atoms with Gasteiger partial charge in [-0.25, -0.2) is 0 Å². The molecule has 0 bridgehead atoms. The van der Waals surface area contributed by atoms with E-state index in [0.29, 0.717) is 17.7 Å². The van der Waals surface area contributed by atoms with Gasteiger partial charge in [0.2, 0.25) is 0 Å². The Labute approximate surface area is 143 Å². The van der Waals surface area contributed by atoms with Gasteiger partial charge in [-0.3, -0.25) is 19.3 Å². The van der Waals surface area contributed by atoms with E-state index >= 15 is 0 Å². The first-order valence-corrected chi connectivity index (χ1v) is 8.58. The summed E-state index contributed by atoms with van der Waals surface area (Å²) in [6.45, 7) is 0.508. The first-order valence-electron chi connectivity index (χ1n) is 7.42. The van der Waals surface area contributed by atoms with E-state index in [1.54, 1.807) is 24.1 Å². The Morgan fingerprint density at radius 1 is 1.21 bits per heavy atom. The second-order valence-corrected chi connectivity index (χ2v) is 6.42. The molecule has 0 atom stereocenters. The lowest BCUT2D eigenvalue weighted by molar-refractivity contribution is 0.0693.